The van der Waals surface area contributed by atoms with Gasteiger partial charge in [0.1, 0.15) is 18.1 Å². The number of amides is 1. The number of hydrogen-bond acceptors (Lipinski definition) is 7. The van der Waals surface area contributed by atoms with Gasteiger partial charge in [-0.15, -0.1) is 11.3 Å². The normalized spacial score (nSPS) is 16.7. The van der Waals surface area contributed by atoms with Crippen molar-refractivity contribution in [1.29, 1.82) is 0 Å². The van der Waals surface area contributed by atoms with Crippen LogP contribution in [0.1, 0.15) is 29.8 Å². The molecule has 0 fully saturated rings. The van der Waals surface area contributed by atoms with Crippen LogP contribution in [-0.4, -0.2) is 80.5 Å². The van der Waals surface area contributed by atoms with E-state index in [0.29, 0.717) is 19.7 Å². The average Bonchev–Trinajstić information content (AvgIpc) is 3.27. The van der Waals surface area contributed by atoms with E-state index in [4.69, 9.17) is 14.2 Å². The van der Waals surface area contributed by atoms with Crippen LogP contribution in [0.2, 0.25) is 0 Å². The Morgan fingerprint density at radius 2 is 2.12 bits per heavy atom. The zero-order valence-electron chi connectivity index (χ0n) is 19.2. The standard InChI is InChI=1S/C24H34N2O5S/c1-4-10-25(14-18(27)16-29-2)15-24(28)26-11-8-23-21(9-12-32-23)22(26)17-31-20-7-5-6-19(13-20)30-3/h5-7,9,12-13,18,22,27H,4,8,10-11,14-17H2,1-3H3/t18-,22+/m0/s1. The number of rotatable bonds is 12. The van der Waals surface area contributed by atoms with Gasteiger partial charge >= 0.3 is 0 Å². The number of fused-ring (bicyclic) bond motifs is 1. The van der Waals surface area contributed by atoms with E-state index < -0.39 is 6.10 Å². The first-order valence-corrected chi connectivity index (χ1v) is 12.0. The Morgan fingerprint density at radius 1 is 1.31 bits per heavy atom. The molecule has 1 aromatic carbocycles. The second-order valence-corrected chi connectivity index (χ2v) is 8.99. The van der Waals surface area contributed by atoms with Crippen molar-refractivity contribution in [3.05, 3.63) is 46.2 Å². The molecular weight excluding hydrogens is 428 g/mol. The number of hydrogen-bond donors (Lipinski definition) is 1. The topological polar surface area (TPSA) is 71.5 Å². The van der Waals surface area contributed by atoms with Crippen molar-refractivity contribution in [3.8, 4) is 11.5 Å². The fourth-order valence-electron chi connectivity index (χ4n) is 4.12. The molecule has 1 N–H and O–H groups in total. The van der Waals surface area contributed by atoms with Crippen LogP contribution in [-0.2, 0) is 16.0 Å². The predicted molar refractivity (Wildman–Crippen MR) is 126 cm³/mol. The van der Waals surface area contributed by atoms with Crippen molar-refractivity contribution < 1.29 is 24.1 Å². The van der Waals surface area contributed by atoms with Crippen molar-refractivity contribution >= 4 is 17.2 Å². The average molecular weight is 463 g/mol. The van der Waals surface area contributed by atoms with Crippen LogP contribution in [0.25, 0.3) is 0 Å². The summed E-state index contributed by atoms with van der Waals surface area (Å²) >= 11 is 1.74. The first-order valence-electron chi connectivity index (χ1n) is 11.1. The smallest absolute Gasteiger partial charge is 0.237 e. The van der Waals surface area contributed by atoms with Crippen LogP contribution in [0, 0.1) is 0 Å². The highest BCUT2D eigenvalue weighted by Gasteiger charge is 2.33. The molecule has 2 aromatic rings. The first-order chi connectivity index (χ1) is 15.5. The number of carbonyl (C=O) groups excluding carboxylic acids is 1. The summed E-state index contributed by atoms with van der Waals surface area (Å²) in [5.74, 6) is 1.51. The third kappa shape index (κ3) is 6.45. The molecule has 0 saturated heterocycles. The molecule has 2 heterocycles. The van der Waals surface area contributed by atoms with E-state index in [1.165, 1.54) is 10.4 Å². The van der Waals surface area contributed by atoms with Crippen molar-refractivity contribution in [2.45, 2.75) is 31.9 Å². The van der Waals surface area contributed by atoms with E-state index in [2.05, 4.69) is 18.4 Å². The van der Waals surface area contributed by atoms with Gasteiger partial charge in [-0.2, -0.15) is 0 Å². The number of ether oxygens (including phenoxy) is 3. The largest absolute Gasteiger partial charge is 0.497 e. The predicted octanol–water partition coefficient (Wildman–Crippen LogP) is 2.98. The SMILES string of the molecule is CCCN(CC(=O)N1CCc2sccc2[C@H]1COc1cccc(OC)c1)C[C@H](O)COC. The quantitative estimate of drug-likeness (QED) is 0.523. The Morgan fingerprint density at radius 3 is 2.88 bits per heavy atom. The Hall–Kier alpha value is -2.13. The highest BCUT2D eigenvalue weighted by Crippen LogP contribution is 2.34. The second kappa shape index (κ2) is 12.2. The van der Waals surface area contributed by atoms with Gasteiger partial charge in [0, 0.05) is 31.1 Å². The lowest BCUT2D eigenvalue weighted by molar-refractivity contribution is -0.136. The minimum atomic E-state index is -0.614. The molecule has 1 aromatic heterocycles. The fraction of sp³-hybridized carbons (Fsp3) is 0.542. The summed E-state index contributed by atoms with van der Waals surface area (Å²) < 4.78 is 16.4. The number of benzene rings is 1. The maximum Gasteiger partial charge on any atom is 0.237 e. The zero-order valence-corrected chi connectivity index (χ0v) is 20.0. The summed E-state index contributed by atoms with van der Waals surface area (Å²) in [5, 5.41) is 12.2. The number of aliphatic hydroxyl groups excluding tert-OH is 1. The minimum Gasteiger partial charge on any atom is -0.497 e. The van der Waals surface area contributed by atoms with Crippen molar-refractivity contribution in [2.24, 2.45) is 0 Å². The van der Waals surface area contributed by atoms with E-state index in [1.807, 2.05) is 34.1 Å². The highest BCUT2D eigenvalue weighted by molar-refractivity contribution is 7.10. The molecule has 8 heteroatoms. The minimum absolute atomic E-state index is 0.0548. The van der Waals surface area contributed by atoms with Gasteiger partial charge in [0.15, 0.2) is 0 Å². The Balaban J connectivity index is 1.71. The van der Waals surface area contributed by atoms with Crippen LogP contribution < -0.4 is 9.47 Å². The summed E-state index contributed by atoms with van der Waals surface area (Å²) in [6.07, 6.45) is 1.15. The van der Waals surface area contributed by atoms with Crippen LogP contribution in [0.4, 0.5) is 0 Å². The number of carbonyl (C=O) groups is 1. The van der Waals surface area contributed by atoms with E-state index >= 15 is 0 Å². The number of methoxy groups -OCH3 is 2. The molecule has 0 radical (unpaired) electrons. The number of nitrogens with zero attached hydrogens (tertiary/aromatic N) is 2. The second-order valence-electron chi connectivity index (χ2n) is 7.99. The van der Waals surface area contributed by atoms with Gasteiger partial charge < -0.3 is 24.2 Å². The number of thiophene rings is 1. The van der Waals surface area contributed by atoms with Crippen molar-refractivity contribution in [1.82, 2.24) is 9.80 Å². The lowest BCUT2D eigenvalue weighted by atomic mass is 10.0. The molecule has 1 aliphatic heterocycles. The Bertz CT molecular complexity index is 858. The summed E-state index contributed by atoms with van der Waals surface area (Å²) in [6.45, 7) is 4.80. The molecule has 3 rings (SSSR count). The van der Waals surface area contributed by atoms with Gasteiger partial charge in [-0.3, -0.25) is 9.69 Å². The zero-order chi connectivity index (χ0) is 22.9. The van der Waals surface area contributed by atoms with Crippen LogP contribution in [0.3, 0.4) is 0 Å². The van der Waals surface area contributed by atoms with Gasteiger partial charge in [-0.05, 0) is 48.5 Å². The first kappa shape index (κ1) is 24.5. The molecule has 0 aliphatic carbocycles. The molecule has 176 valence electrons. The van der Waals surface area contributed by atoms with E-state index in [0.717, 1.165) is 30.9 Å². The van der Waals surface area contributed by atoms with Gasteiger partial charge in [-0.1, -0.05) is 13.0 Å². The fourth-order valence-corrected chi connectivity index (χ4v) is 5.05. The molecule has 1 aliphatic rings. The molecular formula is C24H34N2O5S. The van der Waals surface area contributed by atoms with Gasteiger partial charge in [-0.25, -0.2) is 0 Å². The molecule has 1 amide bonds. The number of aliphatic hydroxyl groups is 1. The van der Waals surface area contributed by atoms with E-state index in [1.54, 1.807) is 25.6 Å². The van der Waals surface area contributed by atoms with E-state index in [9.17, 15) is 9.90 Å². The van der Waals surface area contributed by atoms with Crippen molar-refractivity contribution in [2.75, 3.05) is 53.6 Å². The van der Waals surface area contributed by atoms with Crippen LogP contribution in [0.15, 0.2) is 35.7 Å². The summed E-state index contributed by atoms with van der Waals surface area (Å²) in [5.41, 5.74) is 1.17. The summed E-state index contributed by atoms with van der Waals surface area (Å²) in [4.78, 5) is 18.6. The van der Waals surface area contributed by atoms with E-state index in [-0.39, 0.29) is 25.1 Å². The summed E-state index contributed by atoms with van der Waals surface area (Å²) in [7, 11) is 3.20. The van der Waals surface area contributed by atoms with Gasteiger partial charge in [0.05, 0.1) is 32.4 Å². The lowest BCUT2D eigenvalue weighted by Gasteiger charge is -2.37. The molecule has 7 nitrogen and oxygen atoms in total. The van der Waals surface area contributed by atoms with Gasteiger partial charge in [0.2, 0.25) is 5.91 Å². The molecule has 0 spiro atoms. The molecule has 0 saturated carbocycles. The highest BCUT2D eigenvalue weighted by atomic mass is 32.1. The lowest BCUT2D eigenvalue weighted by Crippen LogP contribution is -2.48. The molecule has 0 bridgehead atoms. The monoisotopic (exact) mass is 462 g/mol. The third-order valence-electron chi connectivity index (χ3n) is 5.59. The van der Waals surface area contributed by atoms with Gasteiger partial charge in [0.25, 0.3) is 0 Å². The Labute approximate surface area is 194 Å². The van der Waals surface area contributed by atoms with Crippen molar-refractivity contribution in [3.63, 3.8) is 0 Å². The molecule has 2 atom stereocenters. The van der Waals surface area contributed by atoms with Crippen LogP contribution >= 0.6 is 11.3 Å². The third-order valence-corrected chi connectivity index (χ3v) is 6.59. The molecule has 32 heavy (non-hydrogen) atoms. The maximum absolute atomic E-state index is 13.4. The maximum atomic E-state index is 13.4. The summed E-state index contributed by atoms with van der Waals surface area (Å²) in [6, 6.07) is 9.47. The molecule has 0 unspecified atom stereocenters. The Kier molecular flexibility index (Phi) is 9.35. The van der Waals surface area contributed by atoms with Crippen LogP contribution in [0.5, 0.6) is 11.5 Å².